The number of benzene rings is 2. The van der Waals surface area contributed by atoms with Gasteiger partial charge in [0.1, 0.15) is 5.82 Å². The van der Waals surface area contributed by atoms with Crippen LogP contribution in [0, 0.1) is 17.7 Å². The fourth-order valence-corrected chi connectivity index (χ4v) is 3.90. The van der Waals surface area contributed by atoms with E-state index < -0.39 is 0 Å². The van der Waals surface area contributed by atoms with Crippen LogP contribution in [0.2, 0.25) is 5.02 Å². The fraction of sp³-hybridized carbons (Fsp3) is 0.417. The molecule has 2 aromatic carbocycles. The number of carbonyl (C=O) groups is 2. The van der Waals surface area contributed by atoms with Gasteiger partial charge in [0.2, 0.25) is 5.91 Å². The molecular formula is C24H29ClFN3O2. The van der Waals surface area contributed by atoms with E-state index in [-0.39, 0.29) is 23.5 Å². The number of amides is 2. The molecule has 0 unspecified atom stereocenters. The van der Waals surface area contributed by atoms with Crippen LogP contribution in [0.3, 0.4) is 0 Å². The van der Waals surface area contributed by atoms with Crippen LogP contribution in [0.25, 0.3) is 0 Å². The molecule has 1 saturated heterocycles. The minimum absolute atomic E-state index is 0.0901. The molecule has 1 aliphatic heterocycles. The summed E-state index contributed by atoms with van der Waals surface area (Å²) in [5.41, 5.74) is 1.48. The Bertz CT molecular complexity index is 907. The molecule has 0 spiro atoms. The van der Waals surface area contributed by atoms with E-state index in [0.29, 0.717) is 66.8 Å². The maximum Gasteiger partial charge on any atom is 0.253 e. The van der Waals surface area contributed by atoms with Crippen molar-refractivity contribution in [2.45, 2.75) is 33.2 Å². The summed E-state index contributed by atoms with van der Waals surface area (Å²) in [6.07, 6.45) is 1.33. The number of halogens is 2. The number of hydrogen-bond donors (Lipinski definition) is 2. The minimum atomic E-state index is -0.306. The molecule has 166 valence electrons. The molecule has 0 aromatic heterocycles. The van der Waals surface area contributed by atoms with Crippen molar-refractivity contribution in [1.82, 2.24) is 10.2 Å². The Labute approximate surface area is 188 Å². The van der Waals surface area contributed by atoms with Crippen LogP contribution < -0.4 is 10.6 Å². The highest BCUT2D eigenvalue weighted by atomic mass is 35.5. The predicted octanol–water partition coefficient (Wildman–Crippen LogP) is 4.72. The van der Waals surface area contributed by atoms with Crippen LogP contribution in [-0.4, -0.2) is 36.3 Å². The number of rotatable bonds is 7. The second kappa shape index (κ2) is 10.7. The Kier molecular flexibility index (Phi) is 8.04. The summed E-state index contributed by atoms with van der Waals surface area (Å²) in [6, 6.07) is 11.7. The maximum atomic E-state index is 14.0. The summed E-state index contributed by atoms with van der Waals surface area (Å²) in [6.45, 7) is 6.42. The Morgan fingerprint density at radius 2 is 1.84 bits per heavy atom. The van der Waals surface area contributed by atoms with Crippen LogP contribution in [0.15, 0.2) is 42.5 Å². The van der Waals surface area contributed by atoms with E-state index in [9.17, 15) is 14.0 Å². The SMILES string of the molecule is CC(C)CNC(=O)c1ccccc1NC(=O)C1CCN(Cc2c(F)cccc2Cl)CC1. The van der Waals surface area contributed by atoms with E-state index in [0.717, 1.165) is 0 Å². The summed E-state index contributed by atoms with van der Waals surface area (Å²) >= 11 is 6.13. The van der Waals surface area contributed by atoms with Crippen LogP contribution >= 0.6 is 11.6 Å². The molecule has 2 amide bonds. The Morgan fingerprint density at radius 3 is 2.52 bits per heavy atom. The second-order valence-corrected chi connectivity index (χ2v) is 8.80. The van der Waals surface area contributed by atoms with Gasteiger partial charge in [-0.1, -0.05) is 43.6 Å². The van der Waals surface area contributed by atoms with Gasteiger partial charge in [-0.25, -0.2) is 4.39 Å². The molecule has 2 aromatic rings. The molecule has 7 heteroatoms. The first-order valence-corrected chi connectivity index (χ1v) is 11.1. The summed E-state index contributed by atoms with van der Waals surface area (Å²) in [5.74, 6) is -0.400. The summed E-state index contributed by atoms with van der Waals surface area (Å²) < 4.78 is 14.0. The van der Waals surface area contributed by atoms with E-state index in [1.807, 2.05) is 13.8 Å². The normalized spacial score (nSPS) is 15.1. The van der Waals surface area contributed by atoms with Crippen molar-refractivity contribution in [3.63, 3.8) is 0 Å². The Morgan fingerprint density at radius 1 is 1.13 bits per heavy atom. The standard InChI is InChI=1S/C24H29ClFN3O2/c1-16(2)14-27-24(31)18-6-3-4-9-22(18)28-23(30)17-10-12-29(13-11-17)15-19-20(25)7-5-8-21(19)26/h3-9,16-17H,10-15H2,1-2H3,(H,27,31)(H,28,30). The average molecular weight is 446 g/mol. The fourth-order valence-electron chi connectivity index (χ4n) is 3.68. The van der Waals surface area contributed by atoms with Crippen molar-refractivity contribution in [3.8, 4) is 0 Å². The second-order valence-electron chi connectivity index (χ2n) is 8.39. The van der Waals surface area contributed by atoms with Gasteiger partial charge in [-0.05, 0) is 56.1 Å². The first-order chi connectivity index (χ1) is 14.8. The van der Waals surface area contributed by atoms with Crippen molar-refractivity contribution < 1.29 is 14.0 Å². The van der Waals surface area contributed by atoms with Crippen molar-refractivity contribution in [3.05, 3.63) is 64.4 Å². The number of nitrogens with zero attached hydrogens (tertiary/aromatic N) is 1. The lowest BCUT2D eigenvalue weighted by molar-refractivity contribution is -0.121. The van der Waals surface area contributed by atoms with Crippen molar-refractivity contribution >= 4 is 29.1 Å². The smallest absolute Gasteiger partial charge is 0.253 e. The Balaban J connectivity index is 1.57. The minimum Gasteiger partial charge on any atom is -0.352 e. The van der Waals surface area contributed by atoms with Gasteiger partial charge in [0.05, 0.1) is 11.3 Å². The largest absolute Gasteiger partial charge is 0.352 e. The molecule has 2 N–H and O–H groups in total. The molecule has 1 aliphatic rings. The number of hydrogen-bond acceptors (Lipinski definition) is 3. The van der Waals surface area contributed by atoms with Gasteiger partial charge in [0, 0.05) is 29.6 Å². The summed E-state index contributed by atoms with van der Waals surface area (Å²) in [7, 11) is 0. The van der Waals surface area contributed by atoms with Gasteiger partial charge in [0.15, 0.2) is 0 Å². The third-order valence-corrected chi connectivity index (χ3v) is 5.86. The molecule has 0 aliphatic carbocycles. The van der Waals surface area contributed by atoms with Crippen LogP contribution in [0.1, 0.15) is 42.6 Å². The molecule has 5 nitrogen and oxygen atoms in total. The lowest BCUT2D eigenvalue weighted by atomic mass is 9.95. The van der Waals surface area contributed by atoms with Crippen LogP contribution in [-0.2, 0) is 11.3 Å². The molecule has 0 atom stereocenters. The van der Waals surface area contributed by atoms with Crippen LogP contribution in [0.4, 0.5) is 10.1 Å². The number of carbonyl (C=O) groups excluding carboxylic acids is 2. The zero-order valence-electron chi connectivity index (χ0n) is 18.0. The molecule has 1 heterocycles. The van der Waals surface area contributed by atoms with E-state index >= 15 is 0 Å². The van der Waals surface area contributed by atoms with E-state index in [2.05, 4.69) is 15.5 Å². The monoisotopic (exact) mass is 445 g/mol. The molecule has 3 rings (SSSR count). The van der Waals surface area contributed by atoms with Crippen molar-refractivity contribution in [2.24, 2.45) is 11.8 Å². The third kappa shape index (κ3) is 6.28. The van der Waals surface area contributed by atoms with Gasteiger partial charge in [-0.2, -0.15) is 0 Å². The van der Waals surface area contributed by atoms with Crippen LogP contribution in [0.5, 0.6) is 0 Å². The van der Waals surface area contributed by atoms with E-state index in [1.165, 1.54) is 6.07 Å². The number of anilines is 1. The first-order valence-electron chi connectivity index (χ1n) is 10.7. The van der Waals surface area contributed by atoms with Gasteiger partial charge < -0.3 is 10.6 Å². The zero-order valence-corrected chi connectivity index (χ0v) is 18.7. The van der Waals surface area contributed by atoms with Gasteiger partial charge in [-0.3, -0.25) is 14.5 Å². The molecule has 0 radical (unpaired) electrons. The first kappa shape index (κ1) is 23.2. The summed E-state index contributed by atoms with van der Waals surface area (Å²) in [5, 5.41) is 6.25. The molecule has 31 heavy (non-hydrogen) atoms. The lowest BCUT2D eigenvalue weighted by Gasteiger charge is -2.31. The zero-order chi connectivity index (χ0) is 22.4. The number of para-hydroxylation sites is 1. The predicted molar refractivity (Wildman–Crippen MR) is 122 cm³/mol. The molecule has 1 fully saturated rings. The third-order valence-electron chi connectivity index (χ3n) is 5.50. The van der Waals surface area contributed by atoms with E-state index in [1.54, 1.807) is 36.4 Å². The number of likely N-dealkylation sites (tertiary alicyclic amines) is 1. The quantitative estimate of drug-likeness (QED) is 0.648. The van der Waals surface area contributed by atoms with Gasteiger partial charge in [-0.15, -0.1) is 0 Å². The maximum absolute atomic E-state index is 14.0. The lowest BCUT2D eigenvalue weighted by Crippen LogP contribution is -2.38. The number of nitrogens with one attached hydrogen (secondary N) is 2. The van der Waals surface area contributed by atoms with E-state index in [4.69, 9.17) is 11.6 Å². The molecule has 0 saturated carbocycles. The highest BCUT2D eigenvalue weighted by Crippen LogP contribution is 2.25. The average Bonchev–Trinajstić information content (AvgIpc) is 2.75. The van der Waals surface area contributed by atoms with Gasteiger partial charge in [0.25, 0.3) is 5.91 Å². The van der Waals surface area contributed by atoms with Crippen molar-refractivity contribution in [2.75, 3.05) is 25.0 Å². The topological polar surface area (TPSA) is 61.4 Å². The molecular weight excluding hydrogens is 417 g/mol. The highest BCUT2D eigenvalue weighted by Gasteiger charge is 2.26. The molecule has 0 bridgehead atoms. The Hall–Kier alpha value is -2.44. The summed E-state index contributed by atoms with van der Waals surface area (Å²) in [4.78, 5) is 27.4. The van der Waals surface area contributed by atoms with Crippen molar-refractivity contribution in [1.29, 1.82) is 0 Å². The highest BCUT2D eigenvalue weighted by molar-refractivity contribution is 6.31. The number of piperidine rings is 1. The van der Waals surface area contributed by atoms with Gasteiger partial charge >= 0.3 is 0 Å².